The van der Waals surface area contributed by atoms with E-state index in [1.165, 1.54) is 29.4 Å². The minimum atomic E-state index is -0.793. The van der Waals surface area contributed by atoms with E-state index in [1.807, 2.05) is 24.3 Å². The van der Waals surface area contributed by atoms with Crippen LogP contribution >= 0.6 is 0 Å². The van der Waals surface area contributed by atoms with E-state index in [-0.39, 0.29) is 36.8 Å². The third kappa shape index (κ3) is 2.85. The average molecular weight is 362 g/mol. The van der Waals surface area contributed by atoms with Crippen LogP contribution in [0.2, 0.25) is 0 Å². The molecule has 2 atom stereocenters. The first-order valence-electron chi connectivity index (χ1n) is 9.15. The van der Waals surface area contributed by atoms with Gasteiger partial charge in [-0.05, 0) is 34.6 Å². The van der Waals surface area contributed by atoms with Gasteiger partial charge in [0.05, 0.1) is 18.9 Å². The molecule has 0 amide bonds. The fraction of sp³-hybridized carbons (Fsp3) is 0.304. The van der Waals surface area contributed by atoms with E-state index in [2.05, 4.69) is 30.8 Å². The third-order valence-electron chi connectivity index (χ3n) is 5.84. The van der Waals surface area contributed by atoms with E-state index in [0.29, 0.717) is 6.42 Å². The number of ether oxygens (including phenoxy) is 2. The summed E-state index contributed by atoms with van der Waals surface area (Å²) in [5.74, 6) is -0.734. The lowest BCUT2D eigenvalue weighted by Crippen LogP contribution is -2.25. The molecule has 0 spiro atoms. The maximum Gasteiger partial charge on any atom is 0.313 e. The van der Waals surface area contributed by atoms with E-state index >= 15 is 0 Å². The summed E-state index contributed by atoms with van der Waals surface area (Å²) in [7, 11) is 1.35. The van der Waals surface area contributed by atoms with Gasteiger partial charge < -0.3 is 9.47 Å². The Morgan fingerprint density at radius 2 is 1.70 bits per heavy atom. The van der Waals surface area contributed by atoms with Gasteiger partial charge in [0.1, 0.15) is 6.61 Å². The Labute approximate surface area is 158 Å². The molecule has 0 heterocycles. The van der Waals surface area contributed by atoms with Gasteiger partial charge in [0.2, 0.25) is 0 Å². The van der Waals surface area contributed by atoms with Crippen molar-refractivity contribution in [1.29, 1.82) is 0 Å². The molecule has 0 radical (unpaired) electrons. The van der Waals surface area contributed by atoms with Gasteiger partial charge in [-0.25, -0.2) is 0 Å². The molecular formula is C23H22O4. The number of allylic oxidation sites excluding steroid dienone is 1. The molecule has 4 heteroatoms. The van der Waals surface area contributed by atoms with Gasteiger partial charge in [0, 0.05) is 5.92 Å². The van der Waals surface area contributed by atoms with Crippen LogP contribution in [0.5, 0.6) is 0 Å². The van der Waals surface area contributed by atoms with Crippen LogP contribution in [0.4, 0.5) is 0 Å². The van der Waals surface area contributed by atoms with Crippen LogP contribution in [0.25, 0.3) is 11.1 Å². The highest BCUT2D eigenvalue weighted by Gasteiger charge is 2.60. The molecule has 0 saturated heterocycles. The van der Waals surface area contributed by atoms with Crippen molar-refractivity contribution in [3.05, 3.63) is 72.3 Å². The van der Waals surface area contributed by atoms with Gasteiger partial charge in [0.15, 0.2) is 0 Å². The molecule has 2 aromatic carbocycles. The van der Waals surface area contributed by atoms with Crippen molar-refractivity contribution in [3.8, 4) is 11.1 Å². The zero-order chi connectivity index (χ0) is 19.0. The Morgan fingerprint density at radius 1 is 1.11 bits per heavy atom. The Bertz CT molecular complexity index is 871. The first-order chi connectivity index (χ1) is 13.1. The molecule has 4 nitrogen and oxygen atoms in total. The molecule has 2 aromatic rings. The fourth-order valence-electron chi connectivity index (χ4n) is 4.28. The minimum Gasteiger partial charge on any atom is -0.469 e. The molecule has 0 bridgehead atoms. The molecular weight excluding hydrogens is 340 g/mol. The Kier molecular flexibility index (Phi) is 4.34. The molecule has 4 rings (SSSR count). The van der Waals surface area contributed by atoms with Crippen LogP contribution < -0.4 is 0 Å². The quantitative estimate of drug-likeness (QED) is 0.573. The predicted octanol–water partition coefficient (Wildman–Crippen LogP) is 4.10. The molecule has 1 saturated carbocycles. The van der Waals surface area contributed by atoms with Crippen molar-refractivity contribution >= 4 is 11.9 Å². The molecule has 0 unspecified atom stereocenters. The lowest BCUT2D eigenvalue weighted by Gasteiger charge is -2.17. The average Bonchev–Trinajstić information content (AvgIpc) is 3.32. The smallest absolute Gasteiger partial charge is 0.313 e. The first kappa shape index (κ1) is 17.5. The van der Waals surface area contributed by atoms with E-state index in [4.69, 9.17) is 9.47 Å². The zero-order valence-electron chi connectivity index (χ0n) is 15.3. The zero-order valence-corrected chi connectivity index (χ0v) is 15.3. The molecule has 0 aromatic heterocycles. The molecule has 0 aliphatic heterocycles. The molecule has 2 aliphatic carbocycles. The molecule has 1 fully saturated rings. The number of carbonyl (C=O) groups excluding carboxylic acids is 2. The number of benzene rings is 2. The number of esters is 2. The van der Waals surface area contributed by atoms with E-state index < -0.39 is 5.41 Å². The summed E-state index contributed by atoms with van der Waals surface area (Å²) >= 11 is 0. The van der Waals surface area contributed by atoms with Crippen molar-refractivity contribution in [2.75, 3.05) is 13.7 Å². The van der Waals surface area contributed by atoms with Gasteiger partial charge >= 0.3 is 11.9 Å². The number of rotatable bonds is 6. The summed E-state index contributed by atoms with van der Waals surface area (Å²) < 4.78 is 10.5. The van der Waals surface area contributed by atoms with Crippen LogP contribution in [0.3, 0.4) is 0 Å². The van der Waals surface area contributed by atoms with Crippen molar-refractivity contribution in [2.24, 2.45) is 11.3 Å². The van der Waals surface area contributed by atoms with Crippen molar-refractivity contribution < 1.29 is 19.1 Å². The highest BCUT2D eigenvalue weighted by atomic mass is 16.5. The number of methoxy groups -OCH3 is 1. The van der Waals surface area contributed by atoms with Crippen LogP contribution in [-0.2, 0) is 19.1 Å². The summed E-state index contributed by atoms with van der Waals surface area (Å²) in [6, 6.07) is 16.4. The standard InChI is InChI=1S/C23H22O4/c1-3-15-12-23(15,22(25)26-2)13-21(24)27-14-20-18-10-6-4-8-16(18)17-9-5-7-11-19(17)20/h3-11,15,20H,1,12-14H2,2H3/t15-,23-/m1/s1. The monoisotopic (exact) mass is 362 g/mol. The lowest BCUT2D eigenvalue weighted by atomic mass is 9.97. The van der Waals surface area contributed by atoms with Gasteiger partial charge in [-0.15, -0.1) is 6.58 Å². The van der Waals surface area contributed by atoms with Crippen LogP contribution in [0.1, 0.15) is 29.9 Å². The van der Waals surface area contributed by atoms with Crippen LogP contribution in [0, 0.1) is 11.3 Å². The Hall–Kier alpha value is -2.88. The summed E-state index contributed by atoms with van der Waals surface area (Å²) in [5, 5.41) is 0. The number of carbonyl (C=O) groups is 2. The van der Waals surface area contributed by atoms with E-state index in [9.17, 15) is 9.59 Å². The molecule has 27 heavy (non-hydrogen) atoms. The molecule has 0 N–H and O–H groups in total. The second kappa shape index (κ2) is 6.69. The van der Waals surface area contributed by atoms with E-state index in [1.54, 1.807) is 6.08 Å². The van der Waals surface area contributed by atoms with E-state index in [0.717, 1.165) is 0 Å². The number of hydrogen-bond donors (Lipinski definition) is 0. The number of hydrogen-bond acceptors (Lipinski definition) is 4. The lowest BCUT2D eigenvalue weighted by molar-refractivity contribution is -0.155. The molecule has 138 valence electrons. The van der Waals surface area contributed by atoms with Crippen LogP contribution in [0.15, 0.2) is 61.2 Å². The minimum absolute atomic E-state index is 0.0184. The third-order valence-corrected chi connectivity index (χ3v) is 5.84. The SMILES string of the molecule is C=C[C@@H]1C[C@]1(CC(=O)OCC1c2ccccc2-c2ccccc21)C(=O)OC. The Morgan fingerprint density at radius 3 is 2.22 bits per heavy atom. The summed E-state index contributed by atoms with van der Waals surface area (Å²) in [4.78, 5) is 24.6. The highest BCUT2D eigenvalue weighted by molar-refractivity contribution is 5.87. The second-order valence-electron chi connectivity index (χ2n) is 7.28. The van der Waals surface area contributed by atoms with Crippen molar-refractivity contribution in [3.63, 3.8) is 0 Å². The summed E-state index contributed by atoms with van der Waals surface area (Å²) in [6.45, 7) is 4.01. The predicted molar refractivity (Wildman–Crippen MR) is 102 cm³/mol. The van der Waals surface area contributed by atoms with Crippen molar-refractivity contribution in [1.82, 2.24) is 0 Å². The maximum absolute atomic E-state index is 12.5. The maximum atomic E-state index is 12.5. The topological polar surface area (TPSA) is 52.6 Å². The van der Waals surface area contributed by atoms with Gasteiger partial charge in [-0.3, -0.25) is 9.59 Å². The summed E-state index contributed by atoms with van der Waals surface area (Å²) in [6.07, 6.45) is 2.34. The largest absolute Gasteiger partial charge is 0.469 e. The van der Waals surface area contributed by atoms with Crippen LogP contribution in [-0.4, -0.2) is 25.7 Å². The first-order valence-corrected chi connectivity index (χ1v) is 9.15. The number of fused-ring (bicyclic) bond motifs is 3. The highest BCUT2D eigenvalue weighted by Crippen LogP contribution is 2.57. The Balaban J connectivity index is 1.48. The molecule has 2 aliphatic rings. The fourth-order valence-corrected chi connectivity index (χ4v) is 4.28. The second-order valence-corrected chi connectivity index (χ2v) is 7.28. The van der Waals surface area contributed by atoms with Crippen molar-refractivity contribution in [2.45, 2.75) is 18.8 Å². The van der Waals surface area contributed by atoms with Gasteiger partial charge in [0.25, 0.3) is 0 Å². The summed E-state index contributed by atoms with van der Waals surface area (Å²) in [5.41, 5.74) is 3.93. The normalized spacial score (nSPS) is 22.5. The van der Waals surface area contributed by atoms with Gasteiger partial charge in [-0.2, -0.15) is 0 Å². The van der Waals surface area contributed by atoms with Gasteiger partial charge in [-0.1, -0.05) is 54.6 Å².